The Morgan fingerprint density at radius 2 is 1.87 bits per heavy atom. The van der Waals surface area contributed by atoms with Crippen LogP contribution in [0.15, 0.2) is 24.5 Å². The zero-order valence-corrected chi connectivity index (χ0v) is 19.8. The van der Waals surface area contributed by atoms with E-state index in [4.69, 9.17) is 11.6 Å². The molecule has 0 aliphatic heterocycles. The first-order valence-corrected chi connectivity index (χ1v) is 12.6. The van der Waals surface area contributed by atoms with Crippen molar-refractivity contribution in [3.8, 4) is 0 Å². The number of fused-ring (bicyclic) bond motifs is 5. The molecule has 3 nitrogen and oxygen atoms in total. The van der Waals surface area contributed by atoms with E-state index >= 15 is 0 Å². The fraction of sp³-hybridized carbons (Fsp3) is 0.808. The van der Waals surface area contributed by atoms with E-state index in [1.807, 2.05) is 10.9 Å². The van der Waals surface area contributed by atoms with Crippen LogP contribution in [0.3, 0.4) is 0 Å². The van der Waals surface area contributed by atoms with Gasteiger partial charge in [-0.3, -0.25) is 4.68 Å². The van der Waals surface area contributed by atoms with Crippen molar-refractivity contribution in [3.63, 3.8) is 0 Å². The minimum Gasteiger partial charge on any atom is -0.390 e. The third-order valence-electron chi connectivity index (χ3n) is 10.4. The number of hydrogen-bond donors (Lipinski definition) is 1. The largest absolute Gasteiger partial charge is 0.390 e. The minimum atomic E-state index is -0.439. The van der Waals surface area contributed by atoms with E-state index in [9.17, 15) is 5.11 Å². The quantitative estimate of drug-likeness (QED) is 0.555. The summed E-state index contributed by atoms with van der Waals surface area (Å²) in [5, 5.41) is 15.8. The van der Waals surface area contributed by atoms with Crippen LogP contribution in [0.5, 0.6) is 0 Å². The number of rotatable bonds is 3. The molecule has 4 aliphatic carbocycles. The smallest absolute Gasteiger partial charge is 0.0785 e. The molecule has 8 atom stereocenters. The molecule has 30 heavy (non-hydrogen) atoms. The molecule has 4 heteroatoms. The highest BCUT2D eigenvalue weighted by Gasteiger charge is 2.61. The van der Waals surface area contributed by atoms with Crippen LogP contribution in [0.25, 0.3) is 0 Å². The van der Waals surface area contributed by atoms with E-state index in [2.05, 4.69) is 32.4 Å². The molecule has 1 N–H and O–H groups in total. The van der Waals surface area contributed by atoms with Crippen molar-refractivity contribution in [2.24, 2.45) is 40.4 Å². The van der Waals surface area contributed by atoms with Gasteiger partial charge in [-0.05, 0) is 105 Å². The molecule has 166 valence electrons. The van der Waals surface area contributed by atoms with Gasteiger partial charge in [-0.1, -0.05) is 37.6 Å². The van der Waals surface area contributed by atoms with Crippen molar-refractivity contribution in [3.05, 3.63) is 29.6 Å². The first-order valence-electron chi connectivity index (χ1n) is 12.2. The van der Waals surface area contributed by atoms with Crippen molar-refractivity contribution in [1.82, 2.24) is 9.78 Å². The van der Waals surface area contributed by atoms with Crippen LogP contribution in [0.4, 0.5) is 0 Å². The van der Waals surface area contributed by atoms with Crippen molar-refractivity contribution >= 4 is 11.6 Å². The zero-order chi connectivity index (χ0) is 21.3. The normalized spacial score (nSPS) is 48.0. The van der Waals surface area contributed by atoms with Crippen LogP contribution in [-0.2, 0) is 6.54 Å². The first-order chi connectivity index (χ1) is 14.1. The van der Waals surface area contributed by atoms with Gasteiger partial charge in [0.15, 0.2) is 0 Å². The molecule has 1 heterocycles. The van der Waals surface area contributed by atoms with Gasteiger partial charge in [-0.2, -0.15) is 5.10 Å². The fourth-order valence-electron chi connectivity index (χ4n) is 8.84. The Balaban J connectivity index is 1.34. The van der Waals surface area contributed by atoms with Gasteiger partial charge >= 0.3 is 0 Å². The molecular formula is C26H39ClN2O. The molecule has 4 fully saturated rings. The molecule has 0 aromatic carbocycles. The van der Waals surface area contributed by atoms with Crippen molar-refractivity contribution < 1.29 is 5.11 Å². The average Bonchev–Trinajstić information content (AvgIpc) is 3.24. The number of aliphatic hydroxyl groups is 1. The SMILES string of the molecule is C=C(Cn1cc(Cl)cn1)[C@H]1CC[C@H]2[C@@H]3CC[C@@H]4C[C@](C)(O)CC[C@]4(C)[C@H]3CC[C@]12C. The number of halogens is 1. The Bertz CT molecular complexity index is 831. The molecule has 0 unspecified atom stereocenters. The summed E-state index contributed by atoms with van der Waals surface area (Å²) in [6.07, 6.45) is 14.9. The van der Waals surface area contributed by atoms with Gasteiger partial charge in [-0.15, -0.1) is 0 Å². The second kappa shape index (κ2) is 7.10. The van der Waals surface area contributed by atoms with Crippen molar-refractivity contribution in [2.75, 3.05) is 0 Å². The molecule has 4 aliphatic rings. The van der Waals surface area contributed by atoms with E-state index in [0.29, 0.717) is 27.7 Å². The van der Waals surface area contributed by atoms with Gasteiger partial charge in [0.1, 0.15) is 0 Å². The molecule has 5 rings (SSSR count). The Labute approximate surface area is 187 Å². The van der Waals surface area contributed by atoms with E-state index in [1.54, 1.807) is 6.20 Å². The highest BCUT2D eigenvalue weighted by atomic mass is 35.5. The Hall–Kier alpha value is -0.800. The maximum absolute atomic E-state index is 10.7. The van der Waals surface area contributed by atoms with E-state index in [-0.39, 0.29) is 0 Å². The minimum absolute atomic E-state index is 0.387. The van der Waals surface area contributed by atoms with Gasteiger partial charge in [0, 0.05) is 6.20 Å². The van der Waals surface area contributed by atoms with Crippen molar-refractivity contribution in [1.29, 1.82) is 0 Å². The molecule has 1 aromatic rings. The van der Waals surface area contributed by atoms with Gasteiger partial charge in [0.2, 0.25) is 0 Å². The molecule has 0 bridgehead atoms. The second-order valence-electron chi connectivity index (χ2n) is 12.0. The summed E-state index contributed by atoms with van der Waals surface area (Å²) in [4.78, 5) is 0. The van der Waals surface area contributed by atoms with Gasteiger partial charge < -0.3 is 5.11 Å². The Morgan fingerprint density at radius 1 is 1.10 bits per heavy atom. The third kappa shape index (κ3) is 3.22. The summed E-state index contributed by atoms with van der Waals surface area (Å²) in [5.74, 6) is 3.86. The van der Waals surface area contributed by atoms with Crippen molar-refractivity contribution in [2.45, 2.75) is 90.7 Å². The fourth-order valence-corrected chi connectivity index (χ4v) is 9.00. The summed E-state index contributed by atoms with van der Waals surface area (Å²) in [5.41, 5.74) is 1.73. The number of hydrogen-bond acceptors (Lipinski definition) is 2. The molecular weight excluding hydrogens is 392 g/mol. The maximum Gasteiger partial charge on any atom is 0.0785 e. The molecule has 0 saturated heterocycles. The van der Waals surface area contributed by atoms with E-state index in [0.717, 1.165) is 37.1 Å². The maximum atomic E-state index is 10.7. The van der Waals surface area contributed by atoms with Crippen LogP contribution in [0.2, 0.25) is 5.02 Å². The van der Waals surface area contributed by atoms with Gasteiger partial charge in [0.25, 0.3) is 0 Å². The highest BCUT2D eigenvalue weighted by molar-refractivity contribution is 6.30. The third-order valence-corrected chi connectivity index (χ3v) is 10.6. The summed E-state index contributed by atoms with van der Waals surface area (Å²) in [6, 6.07) is 0. The zero-order valence-electron chi connectivity index (χ0n) is 19.0. The van der Waals surface area contributed by atoms with Crippen LogP contribution in [0, 0.1) is 40.4 Å². The lowest BCUT2D eigenvalue weighted by atomic mass is 9.44. The van der Waals surface area contributed by atoms with Gasteiger partial charge in [0.05, 0.1) is 23.4 Å². The molecule has 0 spiro atoms. The highest BCUT2D eigenvalue weighted by Crippen LogP contribution is 2.68. The topological polar surface area (TPSA) is 38.0 Å². The van der Waals surface area contributed by atoms with Crippen LogP contribution >= 0.6 is 11.6 Å². The molecule has 0 radical (unpaired) electrons. The molecule has 1 aromatic heterocycles. The van der Waals surface area contributed by atoms with Crippen LogP contribution in [0.1, 0.15) is 78.6 Å². The lowest BCUT2D eigenvalue weighted by Gasteiger charge is -2.62. The average molecular weight is 431 g/mol. The summed E-state index contributed by atoms with van der Waals surface area (Å²) in [7, 11) is 0. The summed E-state index contributed by atoms with van der Waals surface area (Å²) in [6.45, 7) is 12.6. The lowest BCUT2D eigenvalue weighted by molar-refractivity contribution is -0.145. The summed E-state index contributed by atoms with van der Waals surface area (Å²) >= 11 is 6.08. The lowest BCUT2D eigenvalue weighted by Crippen LogP contribution is -2.55. The number of nitrogens with zero attached hydrogens (tertiary/aromatic N) is 2. The first kappa shape index (κ1) is 21.1. The predicted octanol–water partition coefficient (Wildman–Crippen LogP) is 6.50. The molecule has 0 amide bonds. The monoisotopic (exact) mass is 430 g/mol. The Morgan fingerprint density at radius 3 is 2.60 bits per heavy atom. The standard InChI is InChI=1S/C26H39ClN2O/c1-17(15-29-16-19(27)14-28-29)21-7-8-22-20-6-5-18-13-24(2,30)11-12-25(18,3)23(20)9-10-26(21,22)4/h14,16,18,20-23,30H,1,5-13,15H2,2-4H3/t18-,20+,21-,22+,23+,24-,25+,26-/m1/s1. The van der Waals surface area contributed by atoms with Crippen LogP contribution < -0.4 is 0 Å². The number of aromatic nitrogens is 2. The number of allylic oxidation sites excluding steroid dienone is 1. The Kier molecular flexibility index (Phi) is 4.99. The second-order valence-corrected chi connectivity index (χ2v) is 12.5. The van der Waals surface area contributed by atoms with E-state index < -0.39 is 5.60 Å². The summed E-state index contributed by atoms with van der Waals surface area (Å²) < 4.78 is 1.95. The van der Waals surface area contributed by atoms with Crippen LogP contribution in [-0.4, -0.2) is 20.5 Å². The predicted molar refractivity (Wildman–Crippen MR) is 122 cm³/mol. The van der Waals surface area contributed by atoms with Gasteiger partial charge in [-0.25, -0.2) is 0 Å². The molecule has 4 saturated carbocycles. The van der Waals surface area contributed by atoms with E-state index in [1.165, 1.54) is 50.5 Å².